The second-order valence-corrected chi connectivity index (χ2v) is 8.19. The minimum Gasteiger partial charge on any atom is -0.346 e. The summed E-state index contributed by atoms with van der Waals surface area (Å²) in [5.74, 6) is 0.609. The summed E-state index contributed by atoms with van der Waals surface area (Å²) in [6, 6.07) is 24.6. The van der Waals surface area contributed by atoms with Gasteiger partial charge in [0.1, 0.15) is 11.3 Å². The number of hydrogen-bond donors (Lipinski definition) is 2. The van der Waals surface area contributed by atoms with Gasteiger partial charge in [0.05, 0.1) is 22.5 Å². The molecule has 0 spiro atoms. The number of nitrogens with one attached hydrogen (secondary N) is 2. The number of carbonyl (C=O) groups is 1. The number of fused-ring (bicyclic) bond motifs is 2. The molecule has 34 heavy (non-hydrogen) atoms. The molecule has 1 amide bonds. The summed E-state index contributed by atoms with van der Waals surface area (Å²) in [5, 5.41) is 11.7. The summed E-state index contributed by atoms with van der Waals surface area (Å²) in [6.45, 7) is 0.318. The van der Waals surface area contributed by atoms with E-state index in [0.717, 1.165) is 22.4 Å². The molecule has 0 bridgehead atoms. The molecule has 2 heterocycles. The Balaban J connectivity index is 1.28. The first kappa shape index (κ1) is 21.5. The number of hydrogen-bond acceptors (Lipinski definition) is 5. The van der Waals surface area contributed by atoms with Crippen molar-refractivity contribution in [2.45, 2.75) is 31.8 Å². The van der Waals surface area contributed by atoms with Gasteiger partial charge in [-0.15, -0.1) is 5.10 Å². The van der Waals surface area contributed by atoms with Crippen LogP contribution < -0.4 is 10.9 Å². The lowest BCUT2D eigenvalue weighted by molar-refractivity contribution is -0.122. The zero-order chi connectivity index (χ0) is 23.3. The van der Waals surface area contributed by atoms with Gasteiger partial charge in [-0.2, -0.15) is 0 Å². The number of carbonyl (C=O) groups excluding carboxylic acids is 1. The van der Waals surface area contributed by atoms with E-state index in [1.165, 1.54) is 4.68 Å². The number of aromatic amines is 1. The fourth-order valence-electron chi connectivity index (χ4n) is 4.03. The third-order valence-corrected chi connectivity index (χ3v) is 5.76. The Labute approximate surface area is 195 Å². The summed E-state index contributed by atoms with van der Waals surface area (Å²) in [7, 11) is 0. The number of imidazole rings is 1. The molecule has 5 rings (SSSR count). The monoisotopic (exact) mass is 452 g/mol. The fourth-order valence-corrected chi connectivity index (χ4v) is 4.03. The standard InChI is InChI=1S/C26H24N6O2/c33-24(15-8-16-32-26(34)19-11-4-5-12-20(19)30-31-32)27-23(17-18-9-2-1-3-10-18)25-28-21-13-6-7-14-22(21)29-25/h1-7,9-14,23H,8,15-17H2,(H,27,33)(H,28,29). The number of benzene rings is 3. The van der Waals surface area contributed by atoms with Crippen LogP contribution in [0.3, 0.4) is 0 Å². The summed E-state index contributed by atoms with van der Waals surface area (Å²) in [5.41, 5.74) is 3.26. The van der Waals surface area contributed by atoms with E-state index < -0.39 is 0 Å². The summed E-state index contributed by atoms with van der Waals surface area (Å²) >= 11 is 0. The first-order valence-corrected chi connectivity index (χ1v) is 11.3. The van der Waals surface area contributed by atoms with Gasteiger partial charge in [0, 0.05) is 13.0 Å². The Morgan fingerprint density at radius 1 is 0.941 bits per heavy atom. The zero-order valence-electron chi connectivity index (χ0n) is 18.5. The molecule has 1 unspecified atom stereocenters. The third kappa shape index (κ3) is 4.71. The van der Waals surface area contributed by atoms with Crippen molar-refractivity contribution >= 4 is 27.8 Å². The van der Waals surface area contributed by atoms with Crippen LogP contribution in [-0.2, 0) is 17.8 Å². The number of H-pyrrole nitrogens is 1. The van der Waals surface area contributed by atoms with Crippen molar-refractivity contribution in [3.8, 4) is 0 Å². The second-order valence-electron chi connectivity index (χ2n) is 8.19. The maximum Gasteiger partial charge on any atom is 0.277 e. The number of aryl methyl sites for hydroxylation is 1. The zero-order valence-corrected chi connectivity index (χ0v) is 18.5. The lowest BCUT2D eigenvalue weighted by atomic mass is 10.1. The highest BCUT2D eigenvalue weighted by molar-refractivity contribution is 5.78. The molecule has 0 aliphatic carbocycles. The molecule has 2 N–H and O–H groups in total. The maximum absolute atomic E-state index is 12.8. The Kier molecular flexibility index (Phi) is 6.11. The van der Waals surface area contributed by atoms with Crippen molar-refractivity contribution in [3.63, 3.8) is 0 Å². The molecular weight excluding hydrogens is 428 g/mol. The minimum absolute atomic E-state index is 0.108. The highest BCUT2D eigenvalue weighted by atomic mass is 16.1. The summed E-state index contributed by atoms with van der Waals surface area (Å²) in [6.07, 6.45) is 1.34. The maximum atomic E-state index is 12.8. The molecule has 8 nitrogen and oxygen atoms in total. The molecule has 0 radical (unpaired) electrons. The highest BCUT2D eigenvalue weighted by Crippen LogP contribution is 2.20. The quantitative estimate of drug-likeness (QED) is 0.375. The lowest BCUT2D eigenvalue weighted by Gasteiger charge is -2.17. The third-order valence-electron chi connectivity index (χ3n) is 5.76. The highest BCUT2D eigenvalue weighted by Gasteiger charge is 2.19. The first-order chi connectivity index (χ1) is 16.7. The fraction of sp³-hybridized carbons (Fsp3) is 0.192. The second kappa shape index (κ2) is 9.66. The van der Waals surface area contributed by atoms with Crippen LogP contribution in [-0.4, -0.2) is 30.9 Å². The Morgan fingerprint density at radius 2 is 1.68 bits per heavy atom. The SMILES string of the molecule is O=C(CCCn1nnc2ccccc2c1=O)NC(Cc1ccccc1)c1nc2ccccc2[nH]1. The molecule has 0 aliphatic rings. The molecule has 0 aliphatic heterocycles. The van der Waals surface area contributed by atoms with Gasteiger partial charge < -0.3 is 10.3 Å². The number of rotatable bonds is 8. The Morgan fingerprint density at radius 3 is 2.50 bits per heavy atom. The molecule has 1 atom stereocenters. The van der Waals surface area contributed by atoms with E-state index in [-0.39, 0.29) is 23.9 Å². The molecule has 170 valence electrons. The topological polar surface area (TPSA) is 106 Å². The van der Waals surface area contributed by atoms with Crippen molar-refractivity contribution in [2.24, 2.45) is 0 Å². The predicted molar refractivity (Wildman–Crippen MR) is 130 cm³/mol. The van der Waals surface area contributed by atoms with Crippen molar-refractivity contribution in [1.82, 2.24) is 30.3 Å². The molecule has 3 aromatic carbocycles. The van der Waals surface area contributed by atoms with E-state index in [2.05, 4.69) is 20.6 Å². The van der Waals surface area contributed by atoms with Crippen LogP contribution in [0.25, 0.3) is 21.9 Å². The number of nitrogens with zero attached hydrogens (tertiary/aromatic N) is 4. The number of amides is 1. The minimum atomic E-state index is -0.300. The Hall–Kier alpha value is -4.33. The summed E-state index contributed by atoms with van der Waals surface area (Å²) < 4.78 is 1.32. The largest absolute Gasteiger partial charge is 0.346 e. The summed E-state index contributed by atoms with van der Waals surface area (Å²) in [4.78, 5) is 33.5. The normalized spacial score (nSPS) is 12.1. The molecule has 0 saturated carbocycles. The average Bonchev–Trinajstić information content (AvgIpc) is 3.30. The van der Waals surface area contributed by atoms with E-state index in [9.17, 15) is 9.59 Å². The van der Waals surface area contributed by atoms with E-state index in [0.29, 0.717) is 30.3 Å². The van der Waals surface area contributed by atoms with Gasteiger partial charge in [0.2, 0.25) is 5.91 Å². The van der Waals surface area contributed by atoms with E-state index in [1.807, 2.05) is 60.7 Å². The van der Waals surface area contributed by atoms with Crippen molar-refractivity contribution in [1.29, 1.82) is 0 Å². The van der Waals surface area contributed by atoms with Crippen LogP contribution in [0.2, 0.25) is 0 Å². The molecule has 0 saturated heterocycles. The smallest absolute Gasteiger partial charge is 0.277 e. The van der Waals surface area contributed by atoms with Crippen LogP contribution in [0.15, 0.2) is 83.7 Å². The van der Waals surface area contributed by atoms with Crippen LogP contribution in [0.1, 0.15) is 30.3 Å². The molecule has 8 heteroatoms. The van der Waals surface area contributed by atoms with E-state index >= 15 is 0 Å². The van der Waals surface area contributed by atoms with Crippen LogP contribution in [0.4, 0.5) is 0 Å². The van der Waals surface area contributed by atoms with E-state index in [1.54, 1.807) is 18.2 Å². The van der Waals surface area contributed by atoms with Crippen molar-refractivity contribution in [3.05, 3.63) is 101 Å². The number of para-hydroxylation sites is 2. The molecule has 2 aromatic heterocycles. The molecule has 5 aromatic rings. The van der Waals surface area contributed by atoms with Crippen molar-refractivity contribution in [2.75, 3.05) is 0 Å². The van der Waals surface area contributed by atoms with Gasteiger partial charge in [-0.25, -0.2) is 9.67 Å². The van der Waals surface area contributed by atoms with Gasteiger partial charge >= 0.3 is 0 Å². The average molecular weight is 453 g/mol. The van der Waals surface area contributed by atoms with Gasteiger partial charge in [0.25, 0.3) is 5.56 Å². The molecular formula is C26H24N6O2. The van der Waals surface area contributed by atoms with Crippen LogP contribution in [0, 0.1) is 0 Å². The Bertz CT molecular complexity index is 1460. The van der Waals surface area contributed by atoms with Crippen LogP contribution in [0.5, 0.6) is 0 Å². The number of aromatic nitrogens is 5. The van der Waals surface area contributed by atoms with Gasteiger partial charge in [-0.3, -0.25) is 9.59 Å². The van der Waals surface area contributed by atoms with Gasteiger partial charge in [0.15, 0.2) is 0 Å². The molecule has 0 fully saturated rings. The van der Waals surface area contributed by atoms with Gasteiger partial charge in [-0.05, 0) is 42.7 Å². The first-order valence-electron chi connectivity index (χ1n) is 11.3. The van der Waals surface area contributed by atoms with Crippen LogP contribution >= 0.6 is 0 Å². The van der Waals surface area contributed by atoms with Gasteiger partial charge in [-0.1, -0.05) is 59.8 Å². The van der Waals surface area contributed by atoms with Crippen molar-refractivity contribution < 1.29 is 4.79 Å². The van der Waals surface area contributed by atoms with E-state index in [4.69, 9.17) is 4.98 Å². The lowest BCUT2D eigenvalue weighted by Crippen LogP contribution is -2.31. The predicted octanol–water partition coefficient (Wildman–Crippen LogP) is 3.55.